The van der Waals surface area contributed by atoms with Crippen LogP contribution in [0.25, 0.3) is 11.3 Å². The first-order valence-electron chi connectivity index (χ1n) is 7.62. The van der Waals surface area contributed by atoms with Crippen LogP contribution in [0.3, 0.4) is 0 Å². The molecule has 0 saturated heterocycles. The van der Waals surface area contributed by atoms with E-state index in [4.69, 9.17) is 0 Å². The fourth-order valence-electron chi connectivity index (χ4n) is 2.15. The first-order chi connectivity index (χ1) is 12.1. The lowest BCUT2D eigenvalue weighted by Gasteiger charge is -2.05. The van der Waals surface area contributed by atoms with E-state index in [1.165, 1.54) is 18.3 Å². The molecule has 2 aromatic heterocycles. The molecule has 0 bridgehead atoms. The normalized spacial score (nSPS) is 10.3. The molecule has 0 aliphatic carbocycles. The molecule has 2 heterocycles. The molecule has 2 N–H and O–H groups in total. The second-order valence-electron chi connectivity index (χ2n) is 5.34. The Kier molecular flexibility index (Phi) is 5.15. The van der Waals surface area contributed by atoms with Gasteiger partial charge in [-0.15, -0.1) is 11.3 Å². The van der Waals surface area contributed by atoms with Crippen molar-refractivity contribution >= 4 is 28.3 Å². The average molecular weight is 352 g/mol. The van der Waals surface area contributed by atoms with Crippen molar-refractivity contribution in [2.45, 2.75) is 13.5 Å². The van der Waals surface area contributed by atoms with Gasteiger partial charge in [-0.2, -0.15) is 0 Å². The standard InChI is InChI=1S/C18H16N4O2S/c1-12(23)20-9-13-4-6-14(7-5-13)17(24)22-18-21-16(11-25-18)15-3-2-8-19-10-15/h2-8,10-11H,9H2,1H3,(H,20,23)(H,21,22,24). The SMILES string of the molecule is CC(=O)NCc1ccc(C(=O)Nc2nc(-c3cccnc3)cs2)cc1. The topological polar surface area (TPSA) is 84.0 Å². The maximum Gasteiger partial charge on any atom is 0.257 e. The van der Waals surface area contributed by atoms with Gasteiger partial charge in [0, 0.05) is 42.4 Å². The summed E-state index contributed by atoms with van der Waals surface area (Å²) < 4.78 is 0. The summed E-state index contributed by atoms with van der Waals surface area (Å²) in [5.74, 6) is -0.312. The Morgan fingerprint density at radius 3 is 2.64 bits per heavy atom. The molecule has 6 nitrogen and oxygen atoms in total. The van der Waals surface area contributed by atoms with E-state index in [2.05, 4.69) is 20.6 Å². The molecule has 3 aromatic rings. The molecule has 0 aliphatic rings. The molecule has 0 atom stereocenters. The molecule has 2 amide bonds. The van der Waals surface area contributed by atoms with Crippen molar-refractivity contribution in [3.63, 3.8) is 0 Å². The number of amides is 2. The van der Waals surface area contributed by atoms with E-state index in [1.54, 1.807) is 24.5 Å². The van der Waals surface area contributed by atoms with Crippen LogP contribution >= 0.6 is 11.3 Å². The van der Waals surface area contributed by atoms with Crippen LogP contribution in [0.15, 0.2) is 54.2 Å². The van der Waals surface area contributed by atoms with Gasteiger partial charge in [0.05, 0.1) is 5.69 Å². The van der Waals surface area contributed by atoms with Crippen molar-refractivity contribution in [3.05, 3.63) is 65.3 Å². The van der Waals surface area contributed by atoms with Crippen LogP contribution in [0.4, 0.5) is 5.13 Å². The maximum atomic E-state index is 12.3. The number of aromatic nitrogens is 2. The Morgan fingerprint density at radius 2 is 1.96 bits per heavy atom. The quantitative estimate of drug-likeness (QED) is 0.739. The van der Waals surface area contributed by atoms with Gasteiger partial charge in [0.1, 0.15) is 0 Å². The fourth-order valence-corrected chi connectivity index (χ4v) is 2.86. The Bertz CT molecular complexity index is 876. The first-order valence-corrected chi connectivity index (χ1v) is 8.50. The maximum absolute atomic E-state index is 12.3. The second kappa shape index (κ2) is 7.67. The number of carbonyl (C=O) groups excluding carboxylic acids is 2. The molecule has 126 valence electrons. The Hall–Kier alpha value is -3.06. The van der Waals surface area contributed by atoms with Gasteiger partial charge in [-0.25, -0.2) is 4.98 Å². The lowest BCUT2D eigenvalue weighted by Crippen LogP contribution is -2.19. The van der Waals surface area contributed by atoms with Crippen molar-refractivity contribution in [2.75, 3.05) is 5.32 Å². The number of anilines is 1. The van der Waals surface area contributed by atoms with E-state index in [0.717, 1.165) is 16.8 Å². The number of hydrogen-bond acceptors (Lipinski definition) is 5. The fraction of sp³-hybridized carbons (Fsp3) is 0.111. The molecular formula is C18H16N4O2S. The predicted octanol–water partition coefficient (Wildman–Crippen LogP) is 3.09. The van der Waals surface area contributed by atoms with Gasteiger partial charge in [0.15, 0.2) is 5.13 Å². The number of rotatable bonds is 5. The molecule has 0 fully saturated rings. The van der Waals surface area contributed by atoms with E-state index in [9.17, 15) is 9.59 Å². The summed E-state index contributed by atoms with van der Waals surface area (Å²) >= 11 is 1.36. The van der Waals surface area contributed by atoms with Gasteiger partial charge >= 0.3 is 0 Å². The summed E-state index contributed by atoms with van der Waals surface area (Å²) in [6.07, 6.45) is 3.43. The summed E-state index contributed by atoms with van der Waals surface area (Å²) in [6, 6.07) is 10.8. The van der Waals surface area contributed by atoms with E-state index in [-0.39, 0.29) is 11.8 Å². The van der Waals surface area contributed by atoms with Gasteiger partial charge in [0.2, 0.25) is 5.91 Å². The second-order valence-corrected chi connectivity index (χ2v) is 6.20. The van der Waals surface area contributed by atoms with E-state index >= 15 is 0 Å². The summed E-state index contributed by atoms with van der Waals surface area (Å²) in [5.41, 5.74) is 3.14. The largest absolute Gasteiger partial charge is 0.352 e. The van der Waals surface area contributed by atoms with Crippen molar-refractivity contribution in [1.29, 1.82) is 0 Å². The number of nitrogens with one attached hydrogen (secondary N) is 2. The molecular weight excluding hydrogens is 336 g/mol. The zero-order valence-corrected chi connectivity index (χ0v) is 14.3. The first kappa shape index (κ1) is 16.8. The van der Waals surface area contributed by atoms with Gasteiger partial charge in [-0.3, -0.25) is 19.9 Å². The van der Waals surface area contributed by atoms with Crippen LogP contribution in [-0.2, 0) is 11.3 Å². The number of pyridine rings is 1. The number of carbonyl (C=O) groups is 2. The number of hydrogen-bond donors (Lipinski definition) is 2. The van der Waals surface area contributed by atoms with Crippen LogP contribution in [0.5, 0.6) is 0 Å². The Labute approximate surface area is 149 Å². The third-order valence-electron chi connectivity index (χ3n) is 3.44. The van der Waals surface area contributed by atoms with E-state index < -0.39 is 0 Å². The monoisotopic (exact) mass is 352 g/mol. The molecule has 3 rings (SSSR count). The van der Waals surface area contributed by atoms with Crippen LogP contribution in [-0.4, -0.2) is 21.8 Å². The molecule has 7 heteroatoms. The summed E-state index contributed by atoms with van der Waals surface area (Å²) in [7, 11) is 0. The smallest absolute Gasteiger partial charge is 0.257 e. The molecule has 25 heavy (non-hydrogen) atoms. The van der Waals surface area contributed by atoms with Crippen LogP contribution < -0.4 is 10.6 Å². The highest BCUT2D eigenvalue weighted by molar-refractivity contribution is 7.14. The van der Waals surface area contributed by atoms with Crippen molar-refractivity contribution in [3.8, 4) is 11.3 Å². The number of thiazole rings is 1. The van der Waals surface area contributed by atoms with E-state index in [1.807, 2.05) is 29.6 Å². The highest BCUT2D eigenvalue weighted by atomic mass is 32.1. The lowest BCUT2D eigenvalue weighted by atomic mass is 10.1. The molecule has 0 unspecified atom stereocenters. The van der Waals surface area contributed by atoms with Crippen molar-refractivity contribution < 1.29 is 9.59 Å². The lowest BCUT2D eigenvalue weighted by molar-refractivity contribution is -0.119. The van der Waals surface area contributed by atoms with Crippen LogP contribution in [0.1, 0.15) is 22.8 Å². The highest BCUT2D eigenvalue weighted by Gasteiger charge is 2.10. The Morgan fingerprint density at radius 1 is 1.16 bits per heavy atom. The van der Waals surface area contributed by atoms with Crippen LogP contribution in [0, 0.1) is 0 Å². The minimum atomic E-state index is -0.224. The third-order valence-corrected chi connectivity index (χ3v) is 4.20. The van der Waals surface area contributed by atoms with Gasteiger partial charge in [-0.1, -0.05) is 12.1 Å². The molecule has 0 saturated carbocycles. The molecule has 0 radical (unpaired) electrons. The summed E-state index contributed by atoms with van der Waals surface area (Å²) in [6.45, 7) is 1.91. The van der Waals surface area contributed by atoms with Crippen LogP contribution in [0.2, 0.25) is 0 Å². The zero-order valence-electron chi connectivity index (χ0n) is 13.5. The zero-order chi connectivity index (χ0) is 17.6. The molecule has 0 aliphatic heterocycles. The molecule has 1 aromatic carbocycles. The minimum Gasteiger partial charge on any atom is -0.352 e. The minimum absolute atomic E-state index is 0.0880. The highest BCUT2D eigenvalue weighted by Crippen LogP contribution is 2.24. The van der Waals surface area contributed by atoms with Gasteiger partial charge in [0.25, 0.3) is 5.91 Å². The predicted molar refractivity (Wildman–Crippen MR) is 97.3 cm³/mol. The average Bonchev–Trinajstić information content (AvgIpc) is 3.09. The van der Waals surface area contributed by atoms with Crippen molar-refractivity contribution in [2.24, 2.45) is 0 Å². The third kappa shape index (κ3) is 4.48. The van der Waals surface area contributed by atoms with Gasteiger partial charge in [-0.05, 0) is 29.8 Å². The summed E-state index contributed by atoms with van der Waals surface area (Å²) in [4.78, 5) is 31.7. The van der Waals surface area contributed by atoms with Gasteiger partial charge < -0.3 is 5.32 Å². The number of benzene rings is 1. The summed E-state index contributed by atoms with van der Waals surface area (Å²) in [5, 5.41) is 7.92. The Balaban J connectivity index is 1.64. The molecule has 0 spiro atoms. The van der Waals surface area contributed by atoms with Crippen molar-refractivity contribution in [1.82, 2.24) is 15.3 Å². The number of nitrogens with zero attached hydrogens (tertiary/aromatic N) is 2. The van der Waals surface area contributed by atoms with E-state index in [0.29, 0.717) is 17.2 Å².